The van der Waals surface area contributed by atoms with Gasteiger partial charge >= 0.3 is 0 Å². The van der Waals surface area contributed by atoms with E-state index in [2.05, 4.69) is 20.7 Å². The summed E-state index contributed by atoms with van der Waals surface area (Å²) in [5.41, 5.74) is 1.69. The number of nitrogens with one attached hydrogen (secondary N) is 2. The number of carbonyl (C=O) groups is 1. The summed E-state index contributed by atoms with van der Waals surface area (Å²) in [6, 6.07) is 7.50. The highest BCUT2D eigenvalue weighted by Crippen LogP contribution is 2.23. The zero-order valence-electron chi connectivity index (χ0n) is 13.4. The largest absolute Gasteiger partial charge is 0.317 e. The molecule has 1 aliphatic rings. The first-order valence-corrected chi connectivity index (χ1v) is 7.63. The molecule has 124 valence electrons. The predicted molar refractivity (Wildman–Crippen MR) is 92.2 cm³/mol. The monoisotopic (exact) mass is 335 g/mol. The summed E-state index contributed by atoms with van der Waals surface area (Å²) in [6.07, 6.45) is 2.07. The fraction of sp³-hybridized carbons (Fsp3) is 0.438. The second-order valence-corrected chi connectivity index (χ2v) is 5.77. The molecule has 1 aromatic carbocycles. The Morgan fingerprint density at radius 1 is 1.35 bits per heavy atom. The smallest absolute Gasteiger partial charge is 0.258 e. The minimum absolute atomic E-state index is 0. The molecule has 0 aliphatic carbocycles. The molecule has 0 saturated carbocycles. The molecule has 2 N–H and O–H groups in total. The van der Waals surface area contributed by atoms with E-state index >= 15 is 0 Å². The number of carbonyl (C=O) groups excluding carboxylic acids is 1. The van der Waals surface area contributed by atoms with E-state index in [0.29, 0.717) is 17.4 Å². The van der Waals surface area contributed by atoms with Crippen LogP contribution in [0.25, 0.3) is 0 Å². The number of amides is 1. The molecule has 3 rings (SSSR count). The van der Waals surface area contributed by atoms with Crippen molar-refractivity contribution in [3.8, 4) is 0 Å². The summed E-state index contributed by atoms with van der Waals surface area (Å²) in [7, 11) is 1.81. The number of halogens is 1. The van der Waals surface area contributed by atoms with Crippen molar-refractivity contribution in [2.24, 2.45) is 7.05 Å². The van der Waals surface area contributed by atoms with Crippen LogP contribution >= 0.6 is 12.4 Å². The molecule has 0 radical (unpaired) electrons. The Bertz CT molecular complexity index is 679. The highest BCUT2D eigenvalue weighted by molar-refractivity contribution is 6.03. The maximum absolute atomic E-state index is 12.3. The van der Waals surface area contributed by atoms with Crippen LogP contribution in [-0.4, -0.2) is 33.8 Å². The number of aromatic nitrogens is 3. The number of benzene rings is 1. The lowest BCUT2D eigenvalue weighted by atomic mass is 9.98. The van der Waals surface area contributed by atoms with Crippen LogP contribution in [0.15, 0.2) is 24.3 Å². The van der Waals surface area contributed by atoms with Crippen LogP contribution in [0, 0.1) is 6.92 Å². The molecule has 0 bridgehead atoms. The fourth-order valence-electron chi connectivity index (χ4n) is 2.73. The topological polar surface area (TPSA) is 71.8 Å². The van der Waals surface area contributed by atoms with Gasteiger partial charge in [-0.2, -0.15) is 10.1 Å². The van der Waals surface area contributed by atoms with Gasteiger partial charge in [0.15, 0.2) is 5.82 Å². The molecule has 2 heterocycles. The Kier molecular flexibility index (Phi) is 5.74. The summed E-state index contributed by atoms with van der Waals surface area (Å²) in [6.45, 7) is 3.95. The highest BCUT2D eigenvalue weighted by atomic mass is 35.5. The van der Waals surface area contributed by atoms with Gasteiger partial charge in [-0.25, -0.2) is 4.68 Å². The first-order valence-electron chi connectivity index (χ1n) is 7.63. The van der Waals surface area contributed by atoms with Crippen LogP contribution < -0.4 is 10.6 Å². The van der Waals surface area contributed by atoms with Gasteiger partial charge in [0.1, 0.15) is 0 Å². The molecule has 0 spiro atoms. The lowest BCUT2D eigenvalue weighted by Crippen LogP contribution is -2.27. The minimum atomic E-state index is -0.156. The van der Waals surface area contributed by atoms with Crippen molar-refractivity contribution in [2.45, 2.75) is 25.7 Å². The molecule has 0 atom stereocenters. The third kappa shape index (κ3) is 4.09. The Hall–Kier alpha value is -1.92. The van der Waals surface area contributed by atoms with Crippen molar-refractivity contribution in [1.29, 1.82) is 0 Å². The van der Waals surface area contributed by atoms with Crippen LogP contribution in [-0.2, 0) is 7.05 Å². The Balaban J connectivity index is 0.00000192. The number of hydrogen-bond acceptors (Lipinski definition) is 4. The van der Waals surface area contributed by atoms with Gasteiger partial charge in [0.2, 0.25) is 5.95 Å². The fourth-order valence-corrected chi connectivity index (χ4v) is 2.73. The maximum Gasteiger partial charge on any atom is 0.258 e. The van der Waals surface area contributed by atoms with Crippen molar-refractivity contribution in [3.63, 3.8) is 0 Å². The molecule has 1 amide bonds. The number of piperidine rings is 1. The van der Waals surface area contributed by atoms with Gasteiger partial charge < -0.3 is 5.32 Å². The third-order valence-corrected chi connectivity index (χ3v) is 3.99. The van der Waals surface area contributed by atoms with Gasteiger partial charge in [-0.15, -0.1) is 12.4 Å². The number of rotatable bonds is 3. The Morgan fingerprint density at radius 3 is 2.78 bits per heavy atom. The van der Waals surface area contributed by atoms with Crippen molar-refractivity contribution in [3.05, 3.63) is 41.2 Å². The number of anilines is 1. The molecule has 1 saturated heterocycles. The van der Waals surface area contributed by atoms with Crippen molar-refractivity contribution < 1.29 is 4.79 Å². The van der Waals surface area contributed by atoms with Crippen molar-refractivity contribution >= 4 is 24.3 Å². The second kappa shape index (κ2) is 7.57. The molecule has 1 fully saturated rings. The van der Waals surface area contributed by atoms with E-state index in [1.165, 1.54) is 0 Å². The zero-order chi connectivity index (χ0) is 15.5. The van der Waals surface area contributed by atoms with Crippen molar-refractivity contribution in [1.82, 2.24) is 20.1 Å². The molecular formula is C16H22ClN5O. The second-order valence-electron chi connectivity index (χ2n) is 5.77. The van der Waals surface area contributed by atoms with E-state index in [9.17, 15) is 4.79 Å². The van der Waals surface area contributed by atoms with Crippen LogP contribution in [0.4, 0.5) is 5.95 Å². The summed E-state index contributed by atoms with van der Waals surface area (Å²) in [5, 5.41) is 10.6. The van der Waals surface area contributed by atoms with E-state index in [0.717, 1.165) is 37.3 Å². The van der Waals surface area contributed by atoms with Gasteiger partial charge in [-0.05, 0) is 45.0 Å². The average Bonchev–Trinajstić information content (AvgIpc) is 2.89. The van der Waals surface area contributed by atoms with E-state index in [-0.39, 0.29) is 18.3 Å². The van der Waals surface area contributed by atoms with Crippen LogP contribution in [0.3, 0.4) is 0 Å². The summed E-state index contributed by atoms with van der Waals surface area (Å²) in [4.78, 5) is 16.8. The van der Waals surface area contributed by atoms with Crippen molar-refractivity contribution in [2.75, 3.05) is 18.4 Å². The van der Waals surface area contributed by atoms with Crippen LogP contribution in [0.5, 0.6) is 0 Å². The SMILES string of the molecule is Cc1cccc(C(=O)Nc2nc(C3CCNCC3)nn2C)c1.Cl. The van der Waals surface area contributed by atoms with E-state index in [1.54, 1.807) is 10.7 Å². The lowest BCUT2D eigenvalue weighted by Gasteiger charge is -2.19. The standard InChI is InChI=1S/C16H21N5O.ClH/c1-11-4-3-5-13(10-11)15(22)19-16-18-14(20-21(16)2)12-6-8-17-9-7-12;/h3-5,10,12,17H,6-9H2,1-2H3,(H,18,19,20,22);1H. The minimum Gasteiger partial charge on any atom is -0.317 e. The predicted octanol–water partition coefficient (Wildman–Crippen LogP) is 2.26. The Morgan fingerprint density at radius 2 is 2.09 bits per heavy atom. The summed E-state index contributed by atoms with van der Waals surface area (Å²) in [5.74, 6) is 1.54. The van der Waals surface area contributed by atoms with E-state index < -0.39 is 0 Å². The van der Waals surface area contributed by atoms with Gasteiger partial charge in [0.05, 0.1) is 0 Å². The molecule has 2 aromatic rings. The normalized spacial score (nSPS) is 15.0. The molecular weight excluding hydrogens is 314 g/mol. The van der Waals surface area contributed by atoms with Crippen LogP contribution in [0.1, 0.15) is 40.5 Å². The number of hydrogen-bond donors (Lipinski definition) is 2. The van der Waals surface area contributed by atoms with Gasteiger partial charge in [-0.3, -0.25) is 10.1 Å². The lowest BCUT2D eigenvalue weighted by molar-refractivity contribution is 0.102. The van der Waals surface area contributed by atoms with Gasteiger partial charge in [-0.1, -0.05) is 17.7 Å². The van der Waals surface area contributed by atoms with Gasteiger partial charge in [0, 0.05) is 18.5 Å². The highest BCUT2D eigenvalue weighted by Gasteiger charge is 2.21. The molecule has 1 aliphatic heterocycles. The van der Waals surface area contributed by atoms with E-state index in [1.807, 2.05) is 32.2 Å². The quantitative estimate of drug-likeness (QED) is 0.902. The third-order valence-electron chi connectivity index (χ3n) is 3.99. The summed E-state index contributed by atoms with van der Waals surface area (Å²) >= 11 is 0. The number of aryl methyl sites for hydroxylation is 2. The maximum atomic E-state index is 12.3. The summed E-state index contributed by atoms with van der Waals surface area (Å²) < 4.78 is 1.64. The molecule has 23 heavy (non-hydrogen) atoms. The molecule has 0 unspecified atom stereocenters. The molecule has 1 aromatic heterocycles. The van der Waals surface area contributed by atoms with E-state index in [4.69, 9.17) is 0 Å². The average molecular weight is 336 g/mol. The number of nitrogens with zero attached hydrogens (tertiary/aromatic N) is 3. The zero-order valence-corrected chi connectivity index (χ0v) is 14.2. The van der Waals surface area contributed by atoms with Crippen LogP contribution in [0.2, 0.25) is 0 Å². The molecule has 6 nitrogen and oxygen atoms in total. The first kappa shape index (κ1) is 17.4. The first-order chi connectivity index (χ1) is 10.6. The molecule has 7 heteroatoms. The Labute approximate surface area is 142 Å². The van der Waals surface area contributed by atoms with Gasteiger partial charge in [0.25, 0.3) is 5.91 Å².